The van der Waals surface area contributed by atoms with Crippen LogP contribution in [0, 0.1) is 6.92 Å². The van der Waals surface area contributed by atoms with Crippen LogP contribution in [0.25, 0.3) is 22.2 Å². The lowest BCUT2D eigenvalue weighted by molar-refractivity contribution is 0.632. The van der Waals surface area contributed by atoms with E-state index in [0.717, 1.165) is 16.6 Å². The summed E-state index contributed by atoms with van der Waals surface area (Å²) in [7, 11) is 0. The van der Waals surface area contributed by atoms with Gasteiger partial charge in [-0.25, -0.2) is 9.97 Å². The molecule has 0 amide bonds. The molecule has 0 bridgehead atoms. The number of hydrogen-bond donors (Lipinski definition) is 0. The SMILES string of the molecule is Cc1cc(-c2ccnc3ncccc23)ccc1N1c2ccccc2C(C)(C)c2ccccc21. The highest BCUT2D eigenvalue weighted by Gasteiger charge is 2.36. The Morgan fingerprint density at radius 3 is 2.03 bits per heavy atom. The van der Waals surface area contributed by atoms with E-state index < -0.39 is 0 Å². The predicted molar refractivity (Wildman–Crippen MR) is 137 cm³/mol. The molecule has 3 aromatic carbocycles. The van der Waals surface area contributed by atoms with Crippen LogP contribution in [-0.2, 0) is 5.41 Å². The lowest BCUT2D eigenvalue weighted by Gasteiger charge is -2.42. The van der Waals surface area contributed by atoms with Crippen molar-refractivity contribution in [2.75, 3.05) is 4.90 Å². The minimum atomic E-state index is -0.0551. The molecule has 0 aliphatic carbocycles. The Morgan fingerprint density at radius 1 is 0.667 bits per heavy atom. The third-order valence-electron chi connectivity index (χ3n) is 6.90. The fourth-order valence-corrected chi connectivity index (χ4v) is 5.24. The minimum absolute atomic E-state index is 0.0551. The molecule has 3 heteroatoms. The molecule has 3 nitrogen and oxygen atoms in total. The second-order valence-corrected chi connectivity index (χ2v) is 9.23. The molecule has 0 radical (unpaired) electrons. The largest absolute Gasteiger partial charge is 0.310 e. The number of anilines is 3. The van der Waals surface area contributed by atoms with Gasteiger partial charge in [-0.05, 0) is 77.2 Å². The number of pyridine rings is 2. The van der Waals surface area contributed by atoms with Crippen molar-refractivity contribution in [3.05, 3.63) is 114 Å². The molecule has 0 unspecified atom stereocenters. The Kier molecular flexibility index (Phi) is 4.34. The minimum Gasteiger partial charge on any atom is -0.310 e. The predicted octanol–water partition coefficient (Wildman–Crippen LogP) is 7.71. The zero-order valence-electron chi connectivity index (χ0n) is 19.1. The van der Waals surface area contributed by atoms with Crippen molar-refractivity contribution in [2.45, 2.75) is 26.2 Å². The van der Waals surface area contributed by atoms with Gasteiger partial charge in [-0.15, -0.1) is 0 Å². The number of nitrogens with zero attached hydrogens (tertiary/aromatic N) is 3. The first kappa shape index (κ1) is 19.7. The van der Waals surface area contributed by atoms with Crippen molar-refractivity contribution in [3.8, 4) is 11.1 Å². The maximum Gasteiger partial charge on any atom is 0.159 e. The fraction of sp³-hybridized carbons (Fsp3) is 0.133. The van der Waals surface area contributed by atoms with Gasteiger partial charge in [0.05, 0.1) is 11.4 Å². The highest BCUT2D eigenvalue weighted by molar-refractivity contribution is 5.94. The Balaban J connectivity index is 1.54. The summed E-state index contributed by atoms with van der Waals surface area (Å²) in [5.74, 6) is 0. The maximum absolute atomic E-state index is 4.43. The van der Waals surface area contributed by atoms with E-state index >= 15 is 0 Å². The van der Waals surface area contributed by atoms with Crippen LogP contribution < -0.4 is 4.90 Å². The number of benzene rings is 3. The van der Waals surface area contributed by atoms with Crippen molar-refractivity contribution in [1.82, 2.24) is 9.97 Å². The molecule has 0 saturated heterocycles. The van der Waals surface area contributed by atoms with Crippen LogP contribution in [0.3, 0.4) is 0 Å². The van der Waals surface area contributed by atoms with Crippen molar-refractivity contribution >= 4 is 28.1 Å². The summed E-state index contributed by atoms with van der Waals surface area (Å²) in [6.07, 6.45) is 3.63. The Morgan fingerprint density at radius 2 is 1.33 bits per heavy atom. The first-order chi connectivity index (χ1) is 16.1. The second-order valence-electron chi connectivity index (χ2n) is 9.23. The summed E-state index contributed by atoms with van der Waals surface area (Å²) >= 11 is 0. The summed E-state index contributed by atoms with van der Waals surface area (Å²) in [5.41, 5.74) is 10.7. The maximum atomic E-state index is 4.43. The van der Waals surface area contributed by atoms with Crippen LogP contribution in [0.1, 0.15) is 30.5 Å². The molecule has 0 spiro atoms. The first-order valence-corrected chi connectivity index (χ1v) is 11.4. The Labute approximate surface area is 194 Å². The molecule has 2 aromatic heterocycles. The number of rotatable bonds is 2. The van der Waals surface area contributed by atoms with Crippen LogP contribution in [-0.4, -0.2) is 9.97 Å². The van der Waals surface area contributed by atoms with Crippen molar-refractivity contribution in [3.63, 3.8) is 0 Å². The van der Waals surface area contributed by atoms with Crippen LogP contribution in [0.15, 0.2) is 97.3 Å². The van der Waals surface area contributed by atoms with Crippen LogP contribution in [0.4, 0.5) is 17.1 Å². The summed E-state index contributed by atoms with van der Waals surface area (Å²) in [6.45, 7) is 6.84. The van der Waals surface area contributed by atoms with Crippen molar-refractivity contribution < 1.29 is 0 Å². The van der Waals surface area contributed by atoms with E-state index in [1.165, 1.54) is 39.3 Å². The number of para-hydroxylation sites is 2. The van der Waals surface area contributed by atoms with E-state index in [4.69, 9.17) is 0 Å². The number of fused-ring (bicyclic) bond motifs is 3. The average Bonchev–Trinajstić information content (AvgIpc) is 2.85. The van der Waals surface area contributed by atoms with E-state index in [9.17, 15) is 0 Å². The monoisotopic (exact) mass is 427 g/mol. The molecule has 1 aliphatic heterocycles. The molecule has 0 atom stereocenters. The van der Waals surface area contributed by atoms with Gasteiger partial charge in [0.15, 0.2) is 5.65 Å². The molecule has 1 aliphatic rings. The molecular formula is C30H25N3. The van der Waals surface area contributed by atoms with Crippen LogP contribution >= 0.6 is 0 Å². The Hall–Kier alpha value is -3.98. The van der Waals surface area contributed by atoms with Gasteiger partial charge < -0.3 is 4.90 Å². The highest BCUT2D eigenvalue weighted by Crippen LogP contribution is 2.52. The zero-order valence-corrected chi connectivity index (χ0v) is 19.1. The van der Waals surface area contributed by atoms with E-state index in [1.807, 2.05) is 12.3 Å². The van der Waals surface area contributed by atoms with Crippen molar-refractivity contribution in [1.29, 1.82) is 0 Å². The molecule has 0 saturated carbocycles. The number of hydrogen-bond acceptors (Lipinski definition) is 3. The second kappa shape index (κ2) is 7.28. The van der Waals surface area contributed by atoms with Gasteiger partial charge in [-0.2, -0.15) is 0 Å². The summed E-state index contributed by atoms with van der Waals surface area (Å²) in [6, 6.07) is 30.4. The normalized spacial score (nSPS) is 14.1. The lowest BCUT2D eigenvalue weighted by Crippen LogP contribution is -2.30. The topological polar surface area (TPSA) is 29.0 Å². The highest BCUT2D eigenvalue weighted by atomic mass is 15.2. The molecule has 5 aromatic rings. The van der Waals surface area contributed by atoms with Gasteiger partial charge in [0, 0.05) is 28.9 Å². The average molecular weight is 428 g/mol. The van der Waals surface area contributed by atoms with E-state index in [2.05, 4.69) is 115 Å². The van der Waals surface area contributed by atoms with Crippen LogP contribution in [0.5, 0.6) is 0 Å². The Bertz CT molecular complexity index is 1460. The fourth-order valence-electron chi connectivity index (χ4n) is 5.24. The lowest BCUT2D eigenvalue weighted by atomic mass is 9.73. The van der Waals surface area contributed by atoms with Crippen molar-refractivity contribution in [2.24, 2.45) is 0 Å². The van der Waals surface area contributed by atoms with Gasteiger partial charge in [0.25, 0.3) is 0 Å². The molecular weight excluding hydrogens is 402 g/mol. The standard InChI is InChI=1S/C30H25N3/c1-20-19-21(22-16-18-32-29-23(22)9-8-17-31-29)14-15-26(20)33-27-12-6-4-10-24(27)30(2,3)25-11-5-7-13-28(25)33/h4-19H,1-3H3. The summed E-state index contributed by atoms with van der Waals surface area (Å²) in [4.78, 5) is 11.3. The molecule has 0 fully saturated rings. The third-order valence-corrected chi connectivity index (χ3v) is 6.90. The summed E-state index contributed by atoms with van der Waals surface area (Å²) in [5, 5.41) is 1.07. The van der Waals surface area contributed by atoms with Gasteiger partial charge in [0.2, 0.25) is 0 Å². The van der Waals surface area contributed by atoms with E-state index in [-0.39, 0.29) is 5.41 Å². The number of aryl methyl sites for hydroxylation is 1. The van der Waals surface area contributed by atoms with Gasteiger partial charge in [-0.3, -0.25) is 0 Å². The molecule has 6 rings (SSSR count). The quantitative estimate of drug-likeness (QED) is 0.289. The van der Waals surface area contributed by atoms with E-state index in [1.54, 1.807) is 6.20 Å². The number of aromatic nitrogens is 2. The smallest absolute Gasteiger partial charge is 0.159 e. The first-order valence-electron chi connectivity index (χ1n) is 11.4. The summed E-state index contributed by atoms with van der Waals surface area (Å²) < 4.78 is 0. The molecule has 3 heterocycles. The van der Waals surface area contributed by atoms with Crippen LogP contribution in [0.2, 0.25) is 0 Å². The van der Waals surface area contributed by atoms with Gasteiger partial charge >= 0.3 is 0 Å². The zero-order chi connectivity index (χ0) is 22.6. The third kappa shape index (κ3) is 2.96. The van der Waals surface area contributed by atoms with E-state index in [0.29, 0.717) is 0 Å². The van der Waals surface area contributed by atoms with Gasteiger partial charge in [0.1, 0.15) is 0 Å². The molecule has 160 valence electrons. The molecule has 33 heavy (non-hydrogen) atoms. The van der Waals surface area contributed by atoms with Gasteiger partial charge in [-0.1, -0.05) is 56.3 Å². The molecule has 0 N–H and O–H groups in total.